The van der Waals surface area contributed by atoms with E-state index in [0.29, 0.717) is 5.75 Å². The summed E-state index contributed by atoms with van der Waals surface area (Å²) in [4.78, 5) is 0. The van der Waals surface area contributed by atoms with Crippen LogP contribution in [0, 0.1) is 0 Å². The molecule has 0 aromatic rings. The van der Waals surface area contributed by atoms with Crippen molar-refractivity contribution in [2.75, 3.05) is 5.75 Å². The minimum atomic E-state index is -1.57. The number of hydrogen-bond donors (Lipinski definition) is 1. The fourth-order valence-corrected chi connectivity index (χ4v) is 0.524. The predicted molar refractivity (Wildman–Crippen MR) is 33.1 cm³/mol. The molecule has 0 aromatic carbocycles. The monoisotopic (exact) mass is 132 g/mol. The van der Waals surface area contributed by atoms with E-state index in [1.165, 1.54) is 0 Å². The van der Waals surface area contributed by atoms with E-state index in [1.807, 2.05) is 6.92 Å². The van der Waals surface area contributed by atoms with Crippen molar-refractivity contribution in [2.45, 2.75) is 13.3 Å². The standard InChI is InChI=1S/C3H8O2S.Na.H/c1-2-3-6(4)5;;/h2-3H2,1H3,(H,4,5);;. The summed E-state index contributed by atoms with van der Waals surface area (Å²) in [6, 6.07) is 0. The molecular formula is C3H9NaO2S. The van der Waals surface area contributed by atoms with Crippen LogP contribution in [0.2, 0.25) is 0 Å². The predicted octanol–water partition coefficient (Wildman–Crippen LogP) is -0.0304. The Hall–Kier alpha value is 1.11. The Bertz CT molecular complexity index is 56.9. The Morgan fingerprint density at radius 1 is 1.71 bits per heavy atom. The van der Waals surface area contributed by atoms with Crippen LogP contribution in [0.5, 0.6) is 0 Å². The molecular weight excluding hydrogens is 123 g/mol. The molecule has 0 radical (unpaired) electrons. The van der Waals surface area contributed by atoms with Gasteiger partial charge in [0, 0.05) is 5.75 Å². The quantitative estimate of drug-likeness (QED) is 0.423. The van der Waals surface area contributed by atoms with Crippen molar-refractivity contribution < 1.29 is 8.76 Å². The van der Waals surface area contributed by atoms with Crippen LogP contribution in [0.25, 0.3) is 0 Å². The molecule has 0 aromatic heterocycles. The molecule has 0 aliphatic heterocycles. The fraction of sp³-hybridized carbons (Fsp3) is 1.00. The van der Waals surface area contributed by atoms with Gasteiger partial charge in [-0.15, -0.1) is 0 Å². The Morgan fingerprint density at radius 3 is 2.14 bits per heavy atom. The van der Waals surface area contributed by atoms with Crippen molar-refractivity contribution >= 4 is 40.6 Å². The van der Waals surface area contributed by atoms with Gasteiger partial charge in [0.2, 0.25) is 0 Å². The van der Waals surface area contributed by atoms with Gasteiger partial charge in [-0.25, -0.2) is 4.21 Å². The molecule has 0 rings (SSSR count). The fourth-order valence-electron chi connectivity index (χ4n) is 0.175. The molecule has 0 saturated carbocycles. The van der Waals surface area contributed by atoms with E-state index in [4.69, 9.17) is 4.55 Å². The van der Waals surface area contributed by atoms with E-state index in [1.54, 1.807) is 0 Å². The summed E-state index contributed by atoms with van der Waals surface area (Å²) < 4.78 is 17.7. The minimum absolute atomic E-state index is 0. The maximum atomic E-state index is 9.71. The Labute approximate surface area is 68.3 Å². The van der Waals surface area contributed by atoms with E-state index >= 15 is 0 Å². The first-order valence-corrected chi connectivity index (χ1v) is 3.12. The molecule has 0 heterocycles. The third-order valence-electron chi connectivity index (χ3n) is 0.379. The summed E-state index contributed by atoms with van der Waals surface area (Å²) in [5.41, 5.74) is 0. The van der Waals surface area contributed by atoms with Crippen molar-refractivity contribution in [3.8, 4) is 0 Å². The molecule has 0 fully saturated rings. The molecule has 4 heteroatoms. The summed E-state index contributed by atoms with van der Waals surface area (Å²) >= 11 is -1.57. The van der Waals surface area contributed by atoms with Crippen LogP contribution in [0.3, 0.4) is 0 Å². The zero-order valence-corrected chi connectivity index (χ0v) is 4.49. The van der Waals surface area contributed by atoms with Gasteiger partial charge >= 0.3 is 29.6 Å². The summed E-state index contributed by atoms with van der Waals surface area (Å²) in [7, 11) is 0. The zero-order valence-electron chi connectivity index (χ0n) is 3.68. The second-order valence-electron chi connectivity index (χ2n) is 1.03. The van der Waals surface area contributed by atoms with Crippen LogP contribution < -0.4 is 0 Å². The molecule has 0 amide bonds. The van der Waals surface area contributed by atoms with Crippen LogP contribution in [-0.4, -0.2) is 44.1 Å². The Balaban J connectivity index is 0. The molecule has 0 aliphatic carbocycles. The van der Waals surface area contributed by atoms with Gasteiger partial charge in [-0.3, -0.25) is 0 Å². The first kappa shape index (κ1) is 11.0. The van der Waals surface area contributed by atoms with Crippen molar-refractivity contribution in [3.05, 3.63) is 0 Å². The second kappa shape index (κ2) is 7.11. The van der Waals surface area contributed by atoms with Gasteiger partial charge in [-0.05, 0) is 6.42 Å². The molecule has 2 nitrogen and oxygen atoms in total. The van der Waals surface area contributed by atoms with Gasteiger partial charge in [0.25, 0.3) is 0 Å². The third kappa shape index (κ3) is 11.0. The zero-order chi connectivity index (χ0) is 4.99. The second-order valence-corrected chi connectivity index (χ2v) is 2.08. The van der Waals surface area contributed by atoms with Gasteiger partial charge in [0.15, 0.2) is 11.1 Å². The van der Waals surface area contributed by atoms with E-state index in [2.05, 4.69) is 0 Å². The van der Waals surface area contributed by atoms with Crippen molar-refractivity contribution in [1.29, 1.82) is 0 Å². The summed E-state index contributed by atoms with van der Waals surface area (Å²) in [6.45, 7) is 1.87. The van der Waals surface area contributed by atoms with Crippen LogP contribution >= 0.6 is 0 Å². The van der Waals surface area contributed by atoms with Gasteiger partial charge in [-0.2, -0.15) is 0 Å². The molecule has 1 unspecified atom stereocenters. The number of hydrogen-bond acceptors (Lipinski definition) is 1. The van der Waals surface area contributed by atoms with Gasteiger partial charge in [0.05, 0.1) is 0 Å². The molecule has 1 atom stereocenters. The van der Waals surface area contributed by atoms with Gasteiger partial charge < -0.3 is 4.55 Å². The Kier molecular flexibility index (Phi) is 11.2. The maximum absolute atomic E-state index is 9.71. The van der Waals surface area contributed by atoms with Gasteiger partial charge in [-0.1, -0.05) is 6.92 Å². The SMILES string of the molecule is CCCS(=O)O.[NaH]. The van der Waals surface area contributed by atoms with E-state index in [-0.39, 0.29) is 29.6 Å². The third-order valence-corrected chi connectivity index (χ3v) is 1.14. The summed E-state index contributed by atoms with van der Waals surface area (Å²) in [6.07, 6.45) is 0.781. The molecule has 0 bridgehead atoms. The molecule has 0 saturated heterocycles. The molecule has 0 spiro atoms. The summed E-state index contributed by atoms with van der Waals surface area (Å²) in [5, 5.41) is 0. The van der Waals surface area contributed by atoms with Crippen LogP contribution in [0.1, 0.15) is 13.3 Å². The van der Waals surface area contributed by atoms with Crippen LogP contribution in [0.4, 0.5) is 0 Å². The van der Waals surface area contributed by atoms with Crippen LogP contribution in [-0.2, 0) is 11.1 Å². The summed E-state index contributed by atoms with van der Waals surface area (Å²) in [5.74, 6) is 0.403. The molecule has 7 heavy (non-hydrogen) atoms. The molecule has 0 aliphatic rings. The van der Waals surface area contributed by atoms with Crippen molar-refractivity contribution in [3.63, 3.8) is 0 Å². The average molecular weight is 132 g/mol. The van der Waals surface area contributed by atoms with Crippen molar-refractivity contribution in [2.24, 2.45) is 0 Å². The Morgan fingerprint density at radius 2 is 2.14 bits per heavy atom. The molecule has 40 valence electrons. The van der Waals surface area contributed by atoms with Gasteiger partial charge in [0.1, 0.15) is 0 Å². The normalized spacial score (nSPS) is 12.3. The topological polar surface area (TPSA) is 37.3 Å². The van der Waals surface area contributed by atoms with E-state index in [0.717, 1.165) is 6.42 Å². The first-order chi connectivity index (χ1) is 2.77. The first-order valence-electron chi connectivity index (χ1n) is 1.85. The van der Waals surface area contributed by atoms with E-state index < -0.39 is 11.1 Å². The molecule has 1 N–H and O–H groups in total. The van der Waals surface area contributed by atoms with E-state index in [9.17, 15) is 4.21 Å². The number of rotatable bonds is 2. The van der Waals surface area contributed by atoms with Crippen LogP contribution in [0.15, 0.2) is 0 Å². The average Bonchev–Trinajstić information content (AvgIpc) is 1.35. The van der Waals surface area contributed by atoms with Crippen molar-refractivity contribution in [1.82, 2.24) is 0 Å².